The molecule has 3 aromatic rings. The zero-order valence-electron chi connectivity index (χ0n) is 17.2. The molecular formula is C24H27N3OS2. The molecule has 156 valence electrons. The van der Waals surface area contributed by atoms with Crippen molar-refractivity contribution < 1.29 is 4.79 Å². The maximum Gasteiger partial charge on any atom is 0.252 e. The first kappa shape index (κ1) is 21.0. The van der Waals surface area contributed by atoms with Crippen molar-refractivity contribution in [3.8, 4) is 0 Å². The first-order valence-corrected chi connectivity index (χ1v) is 12.1. The van der Waals surface area contributed by atoms with Gasteiger partial charge in [0.15, 0.2) is 0 Å². The molecular weight excluding hydrogens is 410 g/mol. The molecule has 0 spiro atoms. The molecule has 2 heterocycles. The van der Waals surface area contributed by atoms with Crippen molar-refractivity contribution in [2.45, 2.75) is 17.2 Å². The Kier molecular flexibility index (Phi) is 7.10. The summed E-state index contributed by atoms with van der Waals surface area (Å²) in [6, 6.07) is 20.5. The monoisotopic (exact) mass is 437 g/mol. The van der Waals surface area contributed by atoms with Gasteiger partial charge >= 0.3 is 0 Å². The van der Waals surface area contributed by atoms with Gasteiger partial charge in [-0.3, -0.25) is 4.79 Å². The number of nitrogens with one attached hydrogen (secondary N) is 1. The van der Waals surface area contributed by atoms with Crippen LogP contribution >= 0.6 is 23.1 Å². The lowest BCUT2D eigenvalue weighted by molar-refractivity contribution is 0.0948. The van der Waals surface area contributed by atoms with Crippen LogP contribution in [0.15, 0.2) is 70.9 Å². The van der Waals surface area contributed by atoms with Gasteiger partial charge in [-0.15, -0.1) is 23.1 Å². The minimum atomic E-state index is -0.0162. The van der Waals surface area contributed by atoms with Crippen LogP contribution in [0.5, 0.6) is 0 Å². The second-order valence-corrected chi connectivity index (χ2v) is 9.52. The van der Waals surface area contributed by atoms with Gasteiger partial charge in [0.05, 0.1) is 5.56 Å². The smallest absolute Gasteiger partial charge is 0.252 e. The van der Waals surface area contributed by atoms with Crippen molar-refractivity contribution >= 4 is 34.7 Å². The summed E-state index contributed by atoms with van der Waals surface area (Å²) in [7, 11) is 2.16. The highest BCUT2D eigenvalue weighted by Crippen LogP contribution is 2.28. The number of hydrogen-bond donors (Lipinski definition) is 1. The highest BCUT2D eigenvalue weighted by molar-refractivity contribution is 7.98. The Morgan fingerprint density at radius 2 is 1.77 bits per heavy atom. The minimum absolute atomic E-state index is 0.0162. The molecule has 0 aliphatic carbocycles. The fraction of sp³-hybridized carbons (Fsp3) is 0.292. The first-order chi connectivity index (χ1) is 14.7. The molecule has 1 aliphatic rings. The number of carbonyl (C=O) groups is 1. The highest BCUT2D eigenvalue weighted by Gasteiger charge is 2.17. The average Bonchev–Trinajstić information content (AvgIpc) is 3.31. The molecule has 0 unspecified atom stereocenters. The maximum atomic E-state index is 13.0. The highest BCUT2D eigenvalue weighted by atomic mass is 32.2. The van der Waals surface area contributed by atoms with Gasteiger partial charge in [0.25, 0.3) is 5.91 Å². The Hall–Kier alpha value is -2.28. The quantitative estimate of drug-likeness (QED) is 0.543. The van der Waals surface area contributed by atoms with Gasteiger partial charge in [-0.1, -0.05) is 36.4 Å². The van der Waals surface area contributed by atoms with Crippen molar-refractivity contribution in [3.63, 3.8) is 0 Å². The van der Waals surface area contributed by atoms with E-state index < -0.39 is 0 Å². The number of amides is 1. The lowest BCUT2D eigenvalue weighted by atomic mass is 10.1. The van der Waals surface area contributed by atoms with Gasteiger partial charge in [0, 0.05) is 53.9 Å². The topological polar surface area (TPSA) is 35.6 Å². The number of carbonyl (C=O) groups excluding carboxylic acids is 1. The summed E-state index contributed by atoms with van der Waals surface area (Å²) in [4.78, 5) is 20.1. The summed E-state index contributed by atoms with van der Waals surface area (Å²) in [6.07, 6.45) is 0. The molecule has 0 saturated carbocycles. The van der Waals surface area contributed by atoms with Crippen LogP contribution in [0.4, 0.5) is 5.69 Å². The number of thiophene rings is 1. The number of likely N-dealkylation sites (N-methyl/N-ethyl adjacent to an activating group) is 1. The molecule has 1 fully saturated rings. The number of nitrogens with zero attached hydrogens (tertiary/aromatic N) is 2. The van der Waals surface area contributed by atoms with Gasteiger partial charge in [0.1, 0.15) is 0 Å². The summed E-state index contributed by atoms with van der Waals surface area (Å²) < 4.78 is 0. The number of para-hydroxylation sites is 1. The maximum absolute atomic E-state index is 13.0. The second-order valence-electron chi connectivity index (χ2n) is 7.47. The molecule has 0 atom stereocenters. The van der Waals surface area contributed by atoms with E-state index in [-0.39, 0.29) is 5.91 Å². The third-order valence-corrected chi connectivity index (χ3v) is 7.54. The molecule has 4 rings (SSSR count). The van der Waals surface area contributed by atoms with Crippen molar-refractivity contribution in [2.75, 3.05) is 38.1 Å². The van der Waals surface area contributed by atoms with Crippen LogP contribution in [0, 0.1) is 0 Å². The molecule has 1 N–H and O–H groups in total. The molecule has 1 amide bonds. The summed E-state index contributed by atoms with van der Waals surface area (Å²) >= 11 is 3.47. The number of benzene rings is 2. The van der Waals surface area contributed by atoms with Crippen LogP contribution < -0.4 is 10.2 Å². The van der Waals surface area contributed by atoms with E-state index in [0.29, 0.717) is 6.54 Å². The number of piperazine rings is 1. The SMILES string of the molecule is CN1CCN(c2ccccc2CNC(=O)c2ccccc2SCc2cccs2)CC1. The van der Waals surface area contributed by atoms with E-state index in [9.17, 15) is 4.79 Å². The predicted octanol–water partition coefficient (Wildman–Crippen LogP) is 4.72. The fourth-order valence-electron chi connectivity index (χ4n) is 3.61. The lowest BCUT2D eigenvalue weighted by Crippen LogP contribution is -2.45. The molecule has 4 nitrogen and oxygen atoms in total. The number of rotatable bonds is 7. The summed E-state index contributed by atoms with van der Waals surface area (Å²) in [5, 5.41) is 5.24. The zero-order chi connectivity index (χ0) is 20.8. The molecule has 1 aromatic heterocycles. The molecule has 2 aromatic carbocycles. The third kappa shape index (κ3) is 5.25. The Balaban J connectivity index is 1.42. The predicted molar refractivity (Wildman–Crippen MR) is 128 cm³/mol. The Morgan fingerprint density at radius 3 is 2.57 bits per heavy atom. The van der Waals surface area contributed by atoms with Crippen LogP contribution in [0.2, 0.25) is 0 Å². The number of anilines is 1. The summed E-state index contributed by atoms with van der Waals surface area (Å²) in [5.41, 5.74) is 3.14. The Morgan fingerprint density at radius 1 is 1.00 bits per heavy atom. The molecule has 0 bridgehead atoms. The first-order valence-electron chi connectivity index (χ1n) is 10.2. The fourth-order valence-corrected chi connectivity index (χ4v) is 5.43. The normalized spacial score (nSPS) is 14.6. The van der Waals surface area contributed by atoms with Crippen LogP contribution in [0.3, 0.4) is 0 Å². The number of hydrogen-bond acceptors (Lipinski definition) is 5. The Bertz CT molecular complexity index is 966. The molecule has 1 saturated heterocycles. The van der Waals surface area contributed by atoms with Crippen molar-refractivity contribution in [2.24, 2.45) is 0 Å². The van der Waals surface area contributed by atoms with Crippen molar-refractivity contribution in [1.82, 2.24) is 10.2 Å². The molecule has 30 heavy (non-hydrogen) atoms. The minimum Gasteiger partial charge on any atom is -0.369 e. The van der Waals surface area contributed by atoms with E-state index >= 15 is 0 Å². The second kappa shape index (κ2) is 10.2. The average molecular weight is 438 g/mol. The largest absolute Gasteiger partial charge is 0.369 e. The third-order valence-electron chi connectivity index (χ3n) is 5.36. The molecule has 0 radical (unpaired) electrons. The molecule has 6 heteroatoms. The zero-order valence-corrected chi connectivity index (χ0v) is 18.8. The van der Waals surface area contributed by atoms with Crippen LogP contribution in [0.1, 0.15) is 20.8 Å². The van der Waals surface area contributed by atoms with Crippen LogP contribution in [-0.2, 0) is 12.3 Å². The standard InChI is InChI=1S/C24H27N3OS2/c1-26-12-14-27(15-13-26)22-10-4-2-7-19(22)17-25-24(28)21-9-3-5-11-23(21)30-18-20-8-6-16-29-20/h2-11,16H,12-15,17-18H2,1H3,(H,25,28). The number of thioether (sulfide) groups is 1. The van der Waals surface area contributed by atoms with E-state index in [4.69, 9.17) is 0 Å². The van der Waals surface area contributed by atoms with E-state index in [0.717, 1.165) is 42.4 Å². The van der Waals surface area contributed by atoms with Crippen molar-refractivity contribution in [1.29, 1.82) is 0 Å². The van der Waals surface area contributed by atoms with E-state index in [1.165, 1.54) is 16.1 Å². The summed E-state index contributed by atoms with van der Waals surface area (Å²) in [6.45, 7) is 4.70. The van der Waals surface area contributed by atoms with Gasteiger partial charge in [-0.25, -0.2) is 0 Å². The van der Waals surface area contributed by atoms with Crippen molar-refractivity contribution in [3.05, 3.63) is 82.0 Å². The lowest BCUT2D eigenvalue weighted by Gasteiger charge is -2.35. The van der Waals surface area contributed by atoms with Gasteiger partial charge < -0.3 is 15.1 Å². The summed E-state index contributed by atoms with van der Waals surface area (Å²) in [5.74, 6) is 0.867. The van der Waals surface area contributed by atoms with Gasteiger partial charge in [-0.05, 0) is 42.3 Å². The van der Waals surface area contributed by atoms with E-state index in [1.807, 2.05) is 30.3 Å². The van der Waals surface area contributed by atoms with Crippen LogP contribution in [0.25, 0.3) is 0 Å². The molecule has 1 aliphatic heterocycles. The Labute approximate surface area is 186 Å². The van der Waals surface area contributed by atoms with E-state index in [2.05, 4.69) is 57.9 Å². The van der Waals surface area contributed by atoms with E-state index in [1.54, 1.807) is 23.1 Å². The van der Waals surface area contributed by atoms with Crippen LogP contribution in [-0.4, -0.2) is 44.0 Å². The van der Waals surface area contributed by atoms with Gasteiger partial charge in [-0.2, -0.15) is 0 Å². The van der Waals surface area contributed by atoms with Gasteiger partial charge in [0.2, 0.25) is 0 Å².